The Morgan fingerprint density at radius 2 is 0.506 bits per heavy atom. The Morgan fingerprint density at radius 3 is 0.818 bits per heavy atom. The number of hydrogen-bond donors (Lipinski definition) is 0. The van der Waals surface area contributed by atoms with Gasteiger partial charge in [0.05, 0.1) is 0 Å². The first-order valence-electron chi connectivity index (χ1n) is 32.7. The molecule has 6 nitrogen and oxygen atoms in total. The Bertz CT molecular complexity index is 1510. The summed E-state index contributed by atoms with van der Waals surface area (Å²) in [6.07, 6.45) is 87.0. The zero-order chi connectivity index (χ0) is 55.7. The first-order chi connectivity index (χ1) is 38.0. The van der Waals surface area contributed by atoms with Gasteiger partial charge in [-0.15, -0.1) is 0 Å². The van der Waals surface area contributed by atoms with Gasteiger partial charge in [-0.3, -0.25) is 14.4 Å². The van der Waals surface area contributed by atoms with Gasteiger partial charge in [0.1, 0.15) is 13.2 Å². The average Bonchev–Trinajstić information content (AvgIpc) is 3.43. The molecule has 0 saturated carbocycles. The van der Waals surface area contributed by atoms with Crippen LogP contribution in [0.5, 0.6) is 0 Å². The maximum atomic E-state index is 12.9. The predicted molar refractivity (Wildman–Crippen MR) is 334 cm³/mol. The van der Waals surface area contributed by atoms with Crippen LogP contribution in [0.2, 0.25) is 0 Å². The number of carbonyl (C=O) groups excluding carboxylic acids is 3. The fourth-order valence-corrected chi connectivity index (χ4v) is 9.14. The van der Waals surface area contributed by atoms with Gasteiger partial charge in [0.25, 0.3) is 0 Å². The molecule has 0 aromatic heterocycles. The lowest BCUT2D eigenvalue weighted by Gasteiger charge is -2.18. The Morgan fingerprint density at radius 1 is 0.273 bits per heavy atom. The first-order valence-corrected chi connectivity index (χ1v) is 32.7. The van der Waals surface area contributed by atoms with Crippen molar-refractivity contribution in [3.05, 3.63) is 97.2 Å². The molecule has 1 unspecified atom stereocenters. The van der Waals surface area contributed by atoms with Crippen molar-refractivity contribution in [2.45, 2.75) is 322 Å². The summed E-state index contributed by atoms with van der Waals surface area (Å²) in [5.41, 5.74) is 0. The van der Waals surface area contributed by atoms with E-state index in [1.54, 1.807) is 0 Å². The second kappa shape index (κ2) is 64.9. The highest BCUT2D eigenvalue weighted by Crippen LogP contribution is 2.16. The average molecular weight is 1070 g/mol. The lowest BCUT2D eigenvalue weighted by atomic mass is 10.1. The quantitative estimate of drug-likeness (QED) is 0.0261. The maximum Gasteiger partial charge on any atom is 0.306 e. The van der Waals surface area contributed by atoms with Crippen molar-refractivity contribution in [2.75, 3.05) is 13.2 Å². The third-order valence-electron chi connectivity index (χ3n) is 14.0. The number of unbranched alkanes of at least 4 members (excludes halogenated alkanes) is 32. The molecule has 0 heterocycles. The normalized spacial score (nSPS) is 12.7. The molecule has 0 aromatic rings. The van der Waals surface area contributed by atoms with Gasteiger partial charge in [0, 0.05) is 19.3 Å². The topological polar surface area (TPSA) is 78.9 Å². The van der Waals surface area contributed by atoms with Crippen LogP contribution in [0.25, 0.3) is 0 Å². The molecule has 0 aliphatic heterocycles. The summed E-state index contributed by atoms with van der Waals surface area (Å²) in [6.45, 7) is 6.52. The highest BCUT2D eigenvalue weighted by molar-refractivity contribution is 5.71. The van der Waals surface area contributed by atoms with E-state index in [4.69, 9.17) is 14.2 Å². The molecule has 0 rings (SSSR count). The Hall–Kier alpha value is -3.67. The van der Waals surface area contributed by atoms with Gasteiger partial charge in [-0.25, -0.2) is 0 Å². The molecule has 0 saturated heterocycles. The van der Waals surface area contributed by atoms with Crippen LogP contribution < -0.4 is 0 Å². The molecule has 442 valence electrons. The molecule has 77 heavy (non-hydrogen) atoms. The van der Waals surface area contributed by atoms with Crippen molar-refractivity contribution < 1.29 is 28.6 Å². The summed E-state index contributed by atoms with van der Waals surface area (Å²) in [4.78, 5) is 38.3. The number of allylic oxidation sites excluding steroid dienone is 16. The summed E-state index contributed by atoms with van der Waals surface area (Å²) < 4.78 is 16.9. The van der Waals surface area contributed by atoms with Crippen LogP contribution >= 0.6 is 0 Å². The van der Waals surface area contributed by atoms with E-state index in [2.05, 4.69) is 118 Å². The number of ether oxygens (including phenoxy) is 3. The molecule has 0 aromatic carbocycles. The molecule has 0 N–H and O–H groups in total. The van der Waals surface area contributed by atoms with E-state index in [1.807, 2.05) is 0 Å². The molecule has 0 fully saturated rings. The number of hydrogen-bond acceptors (Lipinski definition) is 6. The summed E-state index contributed by atoms with van der Waals surface area (Å²) in [5.74, 6) is -0.892. The van der Waals surface area contributed by atoms with Gasteiger partial charge in [0.15, 0.2) is 6.10 Å². The van der Waals surface area contributed by atoms with Crippen molar-refractivity contribution in [1.82, 2.24) is 0 Å². The van der Waals surface area contributed by atoms with Gasteiger partial charge in [0.2, 0.25) is 0 Å². The largest absolute Gasteiger partial charge is 0.462 e. The second-order valence-corrected chi connectivity index (χ2v) is 21.6. The maximum absolute atomic E-state index is 12.9. The van der Waals surface area contributed by atoms with E-state index >= 15 is 0 Å². The van der Waals surface area contributed by atoms with Crippen LogP contribution in [-0.4, -0.2) is 37.2 Å². The Balaban J connectivity index is 4.33. The second-order valence-electron chi connectivity index (χ2n) is 21.6. The SMILES string of the molecule is CC/C=C\C/C=C\C/C=C\C/C=C\C/C=C\C/C=C\CCCCCCCCCCC(=O)OCC(COC(=O)CCCCCCC/C=C\CCCCCC)OC(=O)CCCCCCCCCCC/C=C\CCCCCCCC. The summed E-state index contributed by atoms with van der Waals surface area (Å²) in [6, 6.07) is 0. The lowest BCUT2D eigenvalue weighted by Crippen LogP contribution is -2.30. The van der Waals surface area contributed by atoms with Crippen molar-refractivity contribution in [3.63, 3.8) is 0 Å². The van der Waals surface area contributed by atoms with Crippen LogP contribution in [0.15, 0.2) is 97.2 Å². The fraction of sp³-hybridized carbons (Fsp3) is 0.732. The highest BCUT2D eigenvalue weighted by atomic mass is 16.6. The molecule has 1 atom stereocenters. The minimum absolute atomic E-state index is 0.0838. The van der Waals surface area contributed by atoms with Gasteiger partial charge in [-0.1, -0.05) is 272 Å². The molecule has 6 heteroatoms. The smallest absolute Gasteiger partial charge is 0.306 e. The summed E-state index contributed by atoms with van der Waals surface area (Å²) >= 11 is 0. The molecular weight excluding hydrogens is 949 g/mol. The van der Waals surface area contributed by atoms with Gasteiger partial charge < -0.3 is 14.2 Å². The van der Waals surface area contributed by atoms with Crippen molar-refractivity contribution in [1.29, 1.82) is 0 Å². The molecular formula is C71H122O6. The van der Waals surface area contributed by atoms with Crippen LogP contribution in [0.4, 0.5) is 0 Å². The predicted octanol–water partition coefficient (Wildman–Crippen LogP) is 22.4. The zero-order valence-electron chi connectivity index (χ0n) is 50.7. The van der Waals surface area contributed by atoms with Crippen molar-refractivity contribution in [2.24, 2.45) is 0 Å². The summed E-state index contributed by atoms with van der Waals surface area (Å²) in [5, 5.41) is 0. The molecule has 0 aliphatic rings. The lowest BCUT2D eigenvalue weighted by molar-refractivity contribution is -0.167. The number of esters is 3. The number of carbonyl (C=O) groups is 3. The molecule has 0 aliphatic carbocycles. The Labute approximate surface area is 477 Å². The van der Waals surface area contributed by atoms with Gasteiger partial charge in [-0.05, 0) is 122 Å². The summed E-state index contributed by atoms with van der Waals surface area (Å²) in [7, 11) is 0. The monoisotopic (exact) mass is 1070 g/mol. The van der Waals surface area contributed by atoms with E-state index < -0.39 is 6.10 Å². The van der Waals surface area contributed by atoms with E-state index in [0.717, 1.165) is 109 Å². The van der Waals surface area contributed by atoms with E-state index in [-0.39, 0.29) is 31.1 Å². The van der Waals surface area contributed by atoms with Crippen LogP contribution in [0.3, 0.4) is 0 Å². The zero-order valence-corrected chi connectivity index (χ0v) is 50.7. The minimum Gasteiger partial charge on any atom is -0.462 e. The van der Waals surface area contributed by atoms with Gasteiger partial charge >= 0.3 is 17.9 Å². The van der Waals surface area contributed by atoms with Crippen LogP contribution in [0, 0.1) is 0 Å². The van der Waals surface area contributed by atoms with E-state index in [1.165, 1.54) is 167 Å². The molecule has 0 bridgehead atoms. The third-order valence-corrected chi connectivity index (χ3v) is 14.0. The standard InChI is InChI=1S/C71H122O6/c1-4-7-10-13-16-19-22-25-27-29-31-32-33-34-35-36-37-38-40-41-43-46-49-52-55-58-61-64-70(73)76-67-68(66-75-69(72)63-60-57-54-51-48-45-24-21-18-15-12-9-6-3)77-71(74)65-62-59-56-53-50-47-44-42-39-30-28-26-23-20-17-14-11-8-5-2/h7,10,16,19,21,24-28,31-32,34-35,37-38,68H,4-6,8-9,11-15,17-18,20,22-23,29-30,33,36,39-67H2,1-3H3/b10-7-,19-16-,24-21-,27-25-,28-26-,32-31-,35-34-,38-37-. The molecule has 0 radical (unpaired) electrons. The van der Waals surface area contributed by atoms with Gasteiger partial charge in [-0.2, -0.15) is 0 Å². The van der Waals surface area contributed by atoms with Crippen LogP contribution in [-0.2, 0) is 28.6 Å². The van der Waals surface area contributed by atoms with E-state index in [0.29, 0.717) is 19.3 Å². The minimum atomic E-state index is -0.787. The first kappa shape index (κ1) is 73.3. The highest BCUT2D eigenvalue weighted by Gasteiger charge is 2.19. The Kier molecular flexibility index (Phi) is 61.8. The fourth-order valence-electron chi connectivity index (χ4n) is 9.14. The number of rotatable bonds is 59. The van der Waals surface area contributed by atoms with Crippen molar-refractivity contribution in [3.8, 4) is 0 Å². The molecule has 0 amide bonds. The van der Waals surface area contributed by atoms with Crippen molar-refractivity contribution >= 4 is 17.9 Å². The van der Waals surface area contributed by atoms with E-state index in [9.17, 15) is 14.4 Å². The molecule has 0 spiro atoms. The van der Waals surface area contributed by atoms with Crippen LogP contribution in [0.1, 0.15) is 316 Å². The third kappa shape index (κ3) is 63.0.